The predicted molar refractivity (Wildman–Crippen MR) is 72.4 cm³/mol. The van der Waals surface area contributed by atoms with Crippen LogP contribution in [0.4, 0.5) is 0 Å². The van der Waals surface area contributed by atoms with Gasteiger partial charge < -0.3 is 10.7 Å². The summed E-state index contributed by atoms with van der Waals surface area (Å²) < 4.78 is 0. The molecule has 0 aromatic carbocycles. The summed E-state index contributed by atoms with van der Waals surface area (Å²) in [5.41, 5.74) is 7.92. The fraction of sp³-hybridized carbons (Fsp3) is 0.583. The van der Waals surface area contributed by atoms with Gasteiger partial charge in [0.2, 0.25) is 0 Å². The fourth-order valence-electron chi connectivity index (χ4n) is 2.42. The second-order valence-electron chi connectivity index (χ2n) is 4.74. The summed E-state index contributed by atoms with van der Waals surface area (Å²) in [6.45, 7) is 0. The molecule has 0 aliphatic heterocycles. The Kier molecular flexibility index (Phi) is 3.47. The number of aromatic amines is 1. The van der Waals surface area contributed by atoms with Gasteiger partial charge in [0.1, 0.15) is 16.9 Å². The summed E-state index contributed by atoms with van der Waals surface area (Å²) in [4.78, 5) is 15.8. The lowest BCUT2D eigenvalue weighted by Crippen LogP contribution is -2.31. The van der Waals surface area contributed by atoms with Gasteiger partial charge in [-0.2, -0.15) is 0 Å². The van der Waals surface area contributed by atoms with Gasteiger partial charge >= 0.3 is 0 Å². The van der Waals surface area contributed by atoms with Gasteiger partial charge in [-0.25, -0.2) is 15.0 Å². The zero-order valence-corrected chi connectivity index (χ0v) is 11.0. The summed E-state index contributed by atoms with van der Waals surface area (Å²) >= 11 is 1.77. The molecular weight excluding hydrogens is 246 g/mol. The molecule has 0 bridgehead atoms. The first-order chi connectivity index (χ1) is 8.84. The van der Waals surface area contributed by atoms with Crippen LogP contribution in [0.3, 0.4) is 0 Å². The van der Waals surface area contributed by atoms with E-state index in [1.165, 1.54) is 25.7 Å². The molecule has 2 atom stereocenters. The number of nitrogens with zero attached hydrogens (tertiary/aromatic N) is 3. The summed E-state index contributed by atoms with van der Waals surface area (Å²) in [5.74, 6) is 0. The largest absolute Gasteiger partial charge is 0.341 e. The van der Waals surface area contributed by atoms with Crippen molar-refractivity contribution in [3.8, 4) is 0 Å². The highest BCUT2D eigenvalue weighted by Crippen LogP contribution is 2.33. The Hall–Kier alpha value is -1.14. The first kappa shape index (κ1) is 11.9. The summed E-state index contributed by atoms with van der Waals surface area (Å²) in [6, 6.07) is 0.269. The normalized spacial score (nSPS) is 25.2. The number of hydrogen-bond acceptors (Lipinski definition) is 5. The van der Waals surface area contributed by atoms with Crippen molar-refractivity contribution in [3.63, 3.8) is 0 Å². The van der Waals surface area contributed by atoms with E-state index >= 15 is 0 Å². The number of H-pyrrole nitrogens is 1. The van der Waals surface area contributed by atoms with Crippen LogP contribution in [0.1, 0.15) is 32.1 Å². The molecule has 1 fully saturated rings. The van der Waals surface area contributed by atoms with Crippen LogP contribution in [0.5, 0.6) is 0 Å². The second kappa shape index (κ2) is 5.24. The van der Waals surface area contributed by atoms with Crippen LogP contribution in [-0.4, -0.2) is 31.2 Å². The van der Waals surface area contributed by atoms with Crippen LogP contribution in [0.25, 0.3) is 11.2 Å². The van der Waals surface area contributed by atoms with Crippen molar-refractivity contribution in [2.75, 3.05) is 0 Å². The van der Waals surface area contributed by atoms with Crippen LogP contribution in [-0.2, 0) is 0 Å². The zero-order valence-electron chi connectivity index (χ0n) is 10.2. The Bertz CT molecular complexity index is 526. The van der Waals surface area contributed by atoms with Crippen molar-refractivity contribution in [2.24, 2.45) is 5.73 Å². The monoisotopic (exact) mass is 263 g/mol. The SMILES string of the molecule is NC1CCCCCC1Sc1ncnc2nc[nH]c12. The van der Waals surface area contributed by atoms with Gasteiger partial charge in [-0.3, -0.25) is 0 Å². The minimum atomic E-state index is 0.269. The van der Waals surface area contributed by atoms with Crippen LogP contribution in [0, 0.1) is 0 Å². The molecule has 2 unspecified atom stereocenters. The second-order valence-corrected chi connectivity index (χ2v) is 5.97. The molecule has 2 aromatic heterocycles. The Labute approximate surface area is 110 Å². The number of nitrogens with one attached hydrogen (secondary N) is 1. The lowest BCUT2D eigenvalue weighted by Gasteiger charge is -2.20. The molecule has 6 heteroatoms. The molecule has 2 heterocycles. The van der Waals surface area contributed by atoms with E-state index in [-0.39, 0.29) is 6.04 Å². The quantitative estimate of drug-likeness (QED) is 0.640. The lowest BCUT2D eigenvalue weighted by atomic mass is 10.1. The highest BCUT2D eigenvalue weighted by Gasteiger charge is 2.23. The Morgan fingerprint density at radius 3 is 3.00 bits per heavy atom. The highest BCUT2D eigenvalue weighted by atomic mass is 32.2. The molecule has 2 aromatic rings. The number of nitrogens with two attached hydrogens (primary N) is 1. The molecule has 0 radical (unpaired) electrons. The fourth-order valence-corrected chi connectivity index (χ4v) is 3.68. The smallest absolute Gasteiger partial charge is 0.181 e. The van der Waals surface area contributed by atoms with Gasteiger partial charge in [-0.05, 0) is 12.8 Å². The third kappa shape index (κ3) is 2.35. The minimum Gasteiger partial charge on any atom is -0.341 e. The molecule has 1 aliphatic carbocycles. The number of rotatable bonds is 2. The molecule has 0 amide bonds. The van der Waals surface area contributed by atoms with Crippen molar-refractivity contribution in [1.82, 2.24) is 19.9 Å². The van der Waals surface area contributed by atoms with E-state index in [2.05, 4.69) is 19.9 Å². The molecule has 5 nitrogen and oxygen atoms in total. The van der Waals surface area contributed by atoms with Gasteiger partial charge in [0, 0.05) is 11.3 Å². The van der Waals surface area contributed by atoms with E-state index < -0.39 is 0 Å². The molecule has 18 heavy (non-hydrogen) atoms. The number of aromatic nitrogens is 4. The summed E-state index contributed by atoms with van der Waals surface area (Å²) in [6.07, 6.45) is 9.35. The van der Waals surface area contributed by atoms with E-state index in [4.69, 9.17) is 5.73 Å². The van der Waals surface area contributed by atoms with Crippen molar-refractivity contribution in [2.45, 2.75) is 48.4 Å². The Morgan fingerprint density at radius 2 is 2.06 bits per heavy atom. The van der Waals surface area contributed by atoms with Crippen molar-refractivity contribution < 1.29 is 0 Å². The van der Waals surface area contributed by atoms with E-state index in [1.807, 2.05) is 0 Å². The lowest BCUT2D eigenvalue weighted by molar-refractivity contribution is 0.596. The molecule has 96 valence electrons. The van der Waals surface area contributed by atoms with Crippen molar-refractivity contribution >= 4 is 22.9 Å². The van der Waals surface area contributed by atoms with Gasteiger partial charge in [0.05, 0.1) is 6.33 Å². The maximum absolute atomic E-state index is 6.26. The maximum Gasteiger partial charge on any atom is 0.181 e. The van der Waals surface area contributed by atoms with Crippen molar-refractivity contribution in [3.05, 3.63) is 12.7 Å². The van der Waals surface area contributed by atoms with Crippen LogP contribution in [0.15, 0.2) is 17.7 Å². The first-order valence-corrected chi connectivity index (χ1v) is 7.29. The molecule has 3 N–H and O–H groups in total. The van der Waals surface area contributed by atoms with Crippen LogP contribution in [0.2, 0.25) is 0 Å². The molecule has 3 rings (SSSR count). The van der Waals surface area contributed by atoms with E-state index in [9.17, 15) is 0 Å². The van der Waals surface area contributed by atoms with Crippen LogP contribution >= 0.6 is 11.8 Å². The number of hydrogen-bond donors (Lipinski definition) is 2. The maximum atomic E-state index is 6.26. The molecular formula is C12H17N5S. The number of thioether (sulfide) groups is 1. The third-order valence-electron chi connectivity index (χ3n) is 3.45. The first-order valence-electron chi connectivity index (χ1n) is 6.41. The Morgan fingerprint density at radius 1 is 1.17 bits per heavy atom. The molecule has 0 spiro atoms. The Balaban J connectivity index is 1.84. The summed E-state index contributed by atoms with van der Waals surface area (Å²) in [5, 5.41) is 1.42. The third-order valence-corrected chi connectivity index (χ3v) is 4.88. The van der Waals surface area contributed by atoms with E-state index in [0.717, 1.165) is 22.6 Å². The van der Waals surface area contributed by atoms with E-state index in [1.54, 1.807) is 24.4 Å². The van der Waals surface area contributed by atoms with Gasteiger partial charge in [-0.1, -0.05) is 31.0 Å². The van der Waals surface area contributed by atoms with E-state index in [0.29, 0.717) is 5.25 Å². The molecule has 1 saturated carbocycles. The average molecular weight is 263 g/mol. The number of fused-ring (bicyclic) bond motifs is 1. The van der Waals surface area contributed by atoms with Gasteiger partial charge in [0.25, 0.3) is 0 Å². The molecule has 0 saturated heterocycles. The molecule has 1 aliphatic rings. The minimum absolute atomic E-state index is 0.269. The standard InChI is InChI=1S/C12H17N5S/c13-8-4-2-1-3-5-9(8)18-12-10-11(15-6-14-10)16-7-17-12/h6-9H,1-5,13H2,(H,14,15,16,17). The predicted octanol–water partition coefficient (Wildman–Crippen LogP) is 2.10. The van der Waals surface area contributed by atoms with Gasteiger partial charge in [-0.15, -0.1) is 0 Å². The number of imidazole rings is 1. The van der Waals surface area contributed by atoms with Crippen LogP contribution < -0.4 is 5.73 Å². The summed E-state index contributed by atoms with van der Waals surface area (Å²) in [7, 11) is 0. The average Bonchev–Trinajstić information content (AvgIpc) is 2.77. The highest BCUT2D eigenvalue weighted by molar-refractivity contribution is 8.00. The van der Waals surface area contributed by atoms with Gasteiger partial charge in [0.15, 0.2) is 5.65 Å². The van der Waals surface area contributed by atoms with Crippen molar-refractivity contribution in [1.29, 1.82) is 0 Å². The topological polar surface area (TPSA) is 80.5 Å². The zero-order chi connectivity index (χ0) is 12.4.